The Kier molecular flexibility index (Phi) is 20.6. The van der Waals surface area contributed by atoms with Gasteiger partial charge in [0.15, 0.2) is 0 Å². The quantitative estimate of drug-likeness (QED) is 0.130. The van der Waals surface area contributed by atoms with Gasteiger partial charge in [-0.15, -0.1) is 0 Å². The number of carbonyl (C=O) groups is 1. The summed E-state index contributed by atoms with van der Waals surface area (Å²) in [6, 6.07) is 0. The molecule has 0 aromatic carbocycles. The number of aliphatic carboxylic acids is 1. The topological polar surface area (TPSA) is 118 Å². The van der Waals surface area contributed by atoms with Crippen molar-refractivity contribution in [2.24, 2.45) is 5.92 Å². The molecule has 0 aliphatic carbocycles. The molecule has 3 atom stereocenters. The van der Waals surface area contributed by atoms with E-state index in [4.69, 9.17) is 15.3 Å². The number of carboxylic acids is 1. The van der Waals surface area contributed by atoms with Crippen LogP contribution in [-0.2, 0) is 4.79 Å². The average Bonchev–Trinajstić information content (AvgIpc) is 2.74. The Hall–Kier alpha value is -0.950. The molecular formula is C24H46O6. The third kappa shape index (κ3) is 19.0. The SMILES string of the molecule is O=C(O)C(CCCCCCC=CCCCCCCCCCC(O)CO)CC(O)CO. The molecule has 0 rings (SSSR count). The second-order valence-electron chi connectivity index (χ2n) is 8.46. The summed E-state index contributed by atoms with van der Waals surface area (Å²) in [7, 11) is 0. The van der Waals surface area contributed by atoms with Crippen LogP contribution in [0.15, 0.2) is 12.2 Å². The van der Waals surface area contributed by atoms with Crippen molar-refractivity contribution in [2.75, 3.05) is 13.2 Å². The minimum Gasteiger partial charge on any atom is -0.481 e. The number of aliphatic hydroxyl groups is 4. The van der Waals surface area contributed by atoms with Crippen LogP contribution in [0.25, 0.3) is 0 Å². The zero-order chi connectivity index (χ0) is 22.5. The predicted molar refractivity (Wildman–Crippen MR) is 120 cm³/mol. The van der Waals surface area contributed by atoms with Gasteiger partial charge < -0.3 is 25.5 Å². The van der Waals surface area contributed by atoms with E-state index >= 15 is 0 Å². The van der Waals surface area contributed by atoms with Crippen molar-refractivity contribution in [3.05, 3.63) is 12.2 Å². The van der Waals surface area contributed by atoms with Gasteiger partial charge in [0.05, 0.1) is 31.3 Å². The van der Waals surface area contributed by atoms with Crippen LogP contribution in [0.5, 0.6) is 0 Å². The van der Waals surface area contributed by atoms with Gasteiger partial charge in [0.2, 0.25) is 0 Å². The summed E-state index contributed by atoms with van der Waals surface area (Å²) < 4.78 is 0. The number of aliphatic hydroxyl groups excluding tert-OH is 4. The minimum atomic E-state index is -0.936. The Morgan fingerprint density at radius 3 is 1.53 bits per heavy atom. The minimum absolute atomic E-state index is 0.126. The van der Waals surface area contributed by atoms with E-state index in [-0.39, 0.29) is 19.6 Å². The molecule has 5 N–H and O–H groups in total. The molecule has 0 amide bonds. The molecule has 178 valence electrons. The van der Waals surface area contributed by atoms with E-state index < -0.39 is 24.1 Å². The van der Waals surface area contributed by atoms with Crippen molar-refractivity contribution in [3.8, 4) is 0 Å². The molecule has 0 saturated heterocycles. The number of unbranched alkanes of at least 4 members (excludes halogenated alkanes) is 11. The zero-order valence-corrected chi connectivity index (χ0v) is 18.8. The average molecular weight is 431 g/mol. The van der Waals surface area contributed by atoms with Gasteiger partial charge in [-0.05, 0) is 44.9 Å². The summed E-state index contributed by atoms with van der Waals surface area (Å²) in [6.45, 7) is -0.507. The van der Waals surface area contributed by atoms with Gasteiger partial charge in [0.25, 0.3) is 0 Å². The summed E-state index contributed by atoms with van der Waals surface area (Å²) in [5.41, 5.74) is 0. The van der Waals surface area contributed by atoms with E-state index in [0.29, 0.717) is 12.8 Å². The van der Waals surface area contributed by atoms with E-state index in [2.05, 4.69) is 12.2 Å². The molecule has 0 bridgehead atoms. The molecule has 30 heavy (non-hydrogen) atoms. The summed E-state index contributed by atoms with van der Waals surface area (Å²) in [5, 5.41) is 45.4. The van der Waals surface area contributed by atoms with Crippen molar-refractivity contribution in [3.63, 3.8) is 0 Å². The number of hydrogen-bond donors (Lipinski definition) is 5. The zero-order valence-electron chi connectivity index (χ0n) is 18.8. The maximum atomic E-state index is 11.2. The fraction of sp³-hybridized carbons (Fsp3) is 0.875. The first kappa shape index (κ1) is 29.1. The molecule has 0 heterocycles. The van der Waals surface area contributed by atoms with Gasteiger partial charge in [0, 0.05) is 0 Å². The first-order chi connectivity index (χ1) is 14.5. The second kappa shape index (κ2) is 21.3. The van der Waals surface area contributed by atoms with Gasteiger partial charge in [-0.25, -0.2) is 0 Å². The fourth-order valence-electron chi connectivity index (χ4n) is 3.60. The molecule has 0 aromatic heterocycles. The molecular weight excluding hydrogens is 384 g/mol. The molecule has 0 spiro atoms. The molecule has 0 radical (unpaired) electrons. The largest absolute Gasteiger partial charge is 0.481 e. The Bertz CT molecular complexity index is 413. The van der Waals surface area contributed by atoms with Crippen molar-refractivity contribution < 1.29 is 30.3 Å². The van der Waals surface area contributed by atoms with E-state index in [1.807, 2.05) is 0 Å². The standard InChI is InChI=1S/C24H46O6/c25-19-22(27)17-15-13-11-9-7-5-3-1-2-4-6-8-10-12-14-16-21(24(29)30)18-23(28)20-26/h2,4,21-23,25-28H,1,3,5-20H2,(H,29,30). The molecule has 0 aliphatic heterocycles. The van der Waals surface area contributed by atoms with Gasteiger partial charge in [-0.1, -0.05) is 69.9 Å². The van der Waals surface area contributed by atoms with Crippen molar-refractivity contribution in [1.82, 2.24) is 0 Å². The Balaban J connectivity index is 3.40. The molecule has 3 unspecified atom stereocenters. The summed E-state index contributed by atoms with van der Waals surface area (Å²) in [6.07, 6.45) is 19.1. The van der Waals surface area contributed by atoms with Crippen LogP contribution in [0, 0.1) is 5.92 Å². The van der Waals surface area contributed by atoms with Crippen molar-refractivity contribution in [1.29, 1.82) is 0 Å². The maximum Gasteiger partial charge on any atom is 0.306 e. The number of allylic oxidation sites excluding steroid dienone is 2. The summed E-state index contributed by atoms with van der Waals surface area (Å²) in [5.74, 6) is -1.45. The van der Waals surface area contributed by atoms with E-state index in [0.717, 1.165) is 51.4 Å². The molecule has 0 aliphatic rings. The van der Waals surface area contributed by atoms with Crippen molar-refractivity contribution >= 4 is 5.97 Å². The lowest BCUT2D eigenvalue weighted by Crippen LogP contribution is -2.23. The van der Waals surface area contributed by atoms with Crippen LogP contribution in [0.1, 0.15) is 103 Å². The summed E-state index contributed by atoms with van der Waals surface area (Å²) >= 11 is 0. The van der Waals surface area contributed by atoms with Crippen LogP contribution in [-0.4, -0.2) is 56.9 Å². The van der Waals surface area contributed by atoms with Crippen molar-refractivity contribution in [2.45, 2.75) is 115 Å². The van der Waals surface area contributed by atoms with Gasteiger partial charge >= 0.3 is 5.97 Å². The van der Waals surface area contributed by atoms with Crippen LogP contribution >= 0.6 is 0 Å². The molecule has 6 heteroatoms. The number of rotatable bonds is 22. The third-order valence-electron chi connectivity index (χ3n) is 5.58. The molecule has 0 saturated carbocycles. The highest BCUT2D eigenvalue weighted by molar-refractivity contribution is 5.69. The third-order valence-corrected chi connectivity index (χ3v) is 5.58. The Morgan fingerprint density at radius 1 is 0.633 bits per heavy atom. The fourth-order valence-corrected chi connectivity index (χ4v) is 3.60. The van der Waals surface area contributed by atoms with Gasteiger partial charge in [0.1, 0.15) is 0 Å². The van der Waals surface area contributed by atoms with Gasteiger partial charge in [-0.2, -0.15) is 0 Å². The van der Waals surface area contributed by atoms with Crippen LogP contribution < -0.4 is 0 Å². The van der Waals surface area contributed by atoms with Crippen LogP contribution in [0.3, 0.4) is 0 Å². The summed E-state index contributed by atoms with van der Waals surface area (Å²) in [4.78, 5) is 11.2. The molecule has 0 fully saturated rings. The van der Waals surface area contributed by atoms with E-state index in [9.17, 15) is 15.0 Å². The molecule has 0 aromatic rings. The lowest BCUT2D eigenvalue weighted by Gasteiger charge is -2.14. The predicted octanol–water partition coefficient (Wildman–Crippen LogP) is 4.19. The Labute approximate surface area is 183 Å². The highest BCUT2D eigenvalue weighted by atomic mass is 16.4. The lowest BCUT2D eigenvalue weighted by molar-refractivity contribution is -0.143. The monoisotopic (exact) mass is 430 g/mol. The first-order valence-electron chi connectivity index (χ1n) is 12.0. The number of hydrogen-bond acceptors (Lipinski definition) is 5. The number of carboxylic acid groups (broad SMARTS) is 1. The van der Waals surface area contributed by atoms with Gasteiger partial charge in [-0.3, -0.25) is 4.79 Å². The highest BCUT2D eigenvalue weighted by Crippen LogP contribution is 2.17. The lowest BCUT2D eigenvalue weighted by atomic mass is 9.95. The Morgan fingerprint density at radius 2 is 1.07 bits per heavy atom. The van der Waals surface area contributed by atoms with E-state index in [1.165, 1.54) is 32.1 Å². The highest BCUT2D eigenvalue weighted by Gasteiger charge is 2.20. The smallest absolute Gasteiger partial charge is 0.306 e. The van der Waals surface area contributed by atoms with Crippen LogP contribution in [0.4, 0.5) is 0 Å². The van der Waals surface area contributed by atoms with E-state index in [1.54, 1.807) is 0 Å². The normalized spacial score (nSPS) is 14.8. The maximum absolute atomic E-state index is 11.2. The molecule has 6 nitrogen and oxygen atoms in total. The van der Waals surface area contributed by atoms with Crippen LogP contribution in [0.2, 0.25) is 0 Å². The first-order valence-corrected chi connectivity index (χ1v) is 12.0. The second-order valence-corrected chi connectivity index (χ2v) is 8.46.